The van der Waals surface area contributed by atoms with Gasteiger partial charge in [-0.15, -0.1) is 0 Å². The average Bonchev–Trinajstić information content (AvgIpc) is 3.34. The molecule has 0 aliphatic heterocycles. The number of aliphatic carboxylic acids is 1. The normalized spacial score (nSPS) is 46.5. The molecule has 6 heteroatoms. The molecule has 6 unspecified atom stereocenters. The van der Waals surface area contributed by atoms with Crippen molar-refractivity contribution in [2.75, 3.05) is 6.61 Å². The predicted molar refractivity (Wildman–Crippen MR) is 174 cm³/mol. The summed E-state index contributed by atoms with van der Waals surface area (Å²) in [5, 5.41) is 7.42. The summed E-state index contributed by atoms with van der Waals surface area (Å²) in [6, 6.07) is 0. The van der Waals surface area contributed by atoms with Crippen LogP contribution in [0.3, 0.4) is 0 Å². The largest absolute Gasteiger partial charge is 0.481 e. The number of hydrogen-bond acceptors (Lipinski definition) is 5. The standard InChI is InChI=1S/C37H58O4.C2H4O2/c1-23(8-13-33(38)40-22-34(39)41-37(4)27-18-24-17-25(20-27)21-28(37)19-24)30-11-12-31-29-10-9-26-7-5-6-15-35(26,2)32(29)14-16-36(30,31)3;1-2(3)4/h23-32H,5-22H2,1-4H3;1H3,(H,3,4)/t23?,24?,25?,26?,27?,28?,29?,30?,31?,32?,35-,36+,37?;/m0./s1. The predicted octanol–water partition coefficient (Wildman–Crippen LogP) is 8.84. The summed E-state index contributed by atoms with van der Waals surface area (Å²) in [6.45, 7) is 10.7. The lowest BCUT2D eigenvalue weighted by Crippen LogP contribution is -2.58. The minimum absolute atomic E-state index is 0.221. The van der Waals surface area contributed by atoms with E-state index in [0.29, 0.717) is 40.9 Å². The molecule has 45 heavy (non-hydrogen) atoms. The summed E-state index contributed by atoms with van der Waals surface area (Å²) in [5.41, 5.74) is 0.678. The van der Waals surface area contributed by atoms with Gasteiger partial charge in [-0.05, 0) is 167 Å². The first-order valence-electron chi connectivity index (χ1n) is 18.9. The maximum atomic E-state index is 12.8. The van der Waals surface area contributed by atoms with Gasteiger partial charge < -0.3 is 14.6 Å². The Morgan fingerprint density at radius 2 is 1.40 bits per heavy atom. The van der Waals surface area contributed by atoms with Crippen LogP contribution in [-0.4, -0.2) is 35.2 Å². The molecular formula is C39H62O6. The second kappa shape index (κ2) is 12.8. The van der Waals surface area contributed by atoms with Gasteiger partial charge in [0.05, 0.1) is 0 Å². The van der Waals surface area contributed by atoms with E-state index in [0.717, 1.165) is 48.9 Å². The smallest absolute Gasteiger partial charge is 0.344 e. The van der Waals surface area contributed by atoms with E-state index in [1.165, 1.54) is 96.3 Å². The molecule has 8 saturated carbocycles. The molecule has 0 aromatic rings. The van der Waals surface area contributed by atoms with E-state index < -0.39 is 5.97 Å². The Balaban J connectivity index is 0.000000845. The van der Waals surface area contributed by atoms with Gasteiger partial charge in [0.15, 0.2) is 6.61 Å². The minimum Gasteiger partial charge on any atom is -0.481 e. The third kappa shape index (κ3) is 6.23. The van der Waals surface area contributed by atoms with E-state index in [2.05, 4.69) is 27.7 Å². The Labute approximate surface area is 272 Å². The van der Waals surface area contributed by atoms with Gasteiger partial charge >= 0.3 is 11.9 Å². The quantitative estimate of drug-likeness (QED) is 0.284. The highest BCUT2D eigenvalue weighted by atomic mass is 16.6. The number of carboxylic acids is 1. The van der Waals surface area contributed by atoms with Crippen molar-refractivity contribution in [2.45, 2.75) is 149 Å². The van der Waals surface area contributed by atoms with Crippen molar-refractivity contribution in [3.05, 3.63) is 0 Å². The lowest BCUT2D eigenvalue weighted by molar-refractivity contribution is -0.207. The average molecular weight is 627 g/mol. The van der Waals surface area contributed by atoms with E-state index in [-0.39, 0.29) is 24.1 Å². The Bertz CT molecular complexity index is 1080. The molecule has 0 aromatic heterocycles. The van der Waals surface area contributed by atoms with Crippen LogP contribution >= 0.6 is 0 Å². The van der Waals surface area contributed by atoms with Crippen LogP contribution in [0.4, 0.5) is 0 Å². The summed E-state index contributed by atoms with van der Waals surface area (Å²) in [5.74, 6) is 6.23. The third-order valence-electron chi connectivity index (χ3n) is 15.6. The van der Waals surface area contributed by atoms with Gasteiger partial charge in [0.1, 0.15) is 5.60 Å². The number of carbonyl (C=O) groups is 3. The van der Waals surface area contributed by atoms with Crippen LogP contribution in [0, 0.1) is 70.0 Å². The number of hydrogen-bond donors (Lipinski definition) is 1. The van der Waals surface area contributed by atoms with Gasteiger partial charge in [-0.3, -0.25) is 9.59 Å². The SMILES string of the molecule is CC(=O)O.CC(CCC(=O)OCC(=O)OC1(C)C2CC3CC(C2)CC1C3)C1CCC2C3CCC4CCCC[C@]4(C)C3CC[C@]12C. The molecule has 0 radical (unpaired) electrons. The topological polar surface area (TPSA) is 89.9 Å². The van der Waals surface area contributed by atoms with E-state index in [4.69, 9.17) is 19.4 Å². The Morgan fingerprint density at radius 1 is 0.756 bits per heavy atom. The highest BCUT2D eigenvalue weighted by Gasteiger charge is 2.60. The van der Waals surface area contributed by atoms with E-state index in [1.54, 1.807) is 0 Å². The van der Waals surface area contributed by atoms with Crippen molar-refractivity contribution in [3.63, 3.8) is 0 Å². The fraction of sp³-hybridized carbons (Fsp3) is 0.923. The monoisotopic (exact) mass is 626 g/mol. The van der Waals surface area contributed by atoms with Crippen molar-refractivity contribution in [1.29, 1.82) is 0 Å². The second-order valence-electron chi connectivity index (χ2n) is 17.8. The van der Waals surface area contributed by atoms with Crippen LogP contribution < -0.4 is 0 Å². The zero-order chi connectivity index (χ0) is 32.1. The highest BCUT2D eigenvalue weighted by molar-refractivity contribution is 5.76. The highest BCUT2D eigenvalue weighted by Crippen LogP contribution is 2.68. The van der Waals surface area contributed by atoms with E-state index in [9.17, 15) is 9.59 Å². The van der Waals surface area contributed by atoms with Gasteiger partial charge in [-0.2, -0.15) is 0 Å². The number of ether oxygens (including phenoxy) is 2. The first-order chi connectivity index (χ1) is 21.3. The van der Waals surface area contributed by atoms with Gasteiger partial charge in [0.25, 0.3) is 5.97 Å². The Kier molecular flexibility index (Phi) is 9.47. The van der Waals surface area contributed by atoms with Gasteiger partial charge in [0, 0.05) is 13.3 Å². The summed E-state index contributed by atoms with van der Waals surface area (Å²) in [6.07, 6.45) is 21.8. The first kappa shape index (κ1) is 33.3. The lowest BCUT2D eigenvalue weighted by atomic mass is 9.44. The van der Waals surface area contributed by atoms with Gasteiger partial charge in [-0.1, -0.05) is 33.6 Å². The molecule has 0 spiro atoms. The van der Waals surface area contributed by atoms with Crippen LogP contribution in [0.2, 0.25) is 0 Å². The summed E-state index contributed by atoms with van der Waals surface area (Å²) >= 11 is 0. The molecule has 6 nitrogen and oxygen atoms in total. The first-order valence-corrected chi connectivity index (χ1v) is 18.9. The Hall–Kier alpha value is -1.59. The Morgan fingerprint density at radius 3 is 2.07 bits per heavy atom. The number of carbonyl (C=O) groups excluding carboxylic acids is 2. The van der Waals surface area contributed by atoms with Crippen LogP contribution in [0.15, 0.2) is 0 Å². The number of rotatable bonds is 7. The molecule has 8 aliphatic carbocycles. The number of fused-ring (bicyclic) bond motifs is 5. The fourth-order valence-electron chi connectivity index (χ4n) is 13.6. The summed E-state index contributed by atoms with van der Waals surface area (Å²) < 4.78 is 11.6. The molecule has 8 fully saturated rings. The molecule has 4 bridgehead atoms. The molecule has 0 saturated heterocycles. The van der Waals surface area contributed by atoms with Crippen LogP contribution in [0.5, 0.6) is 0 Å². The zero-order valence-corrected chi connectivity index (χ0v) is 29.0. The fourth-order valence-corrected chi connectivity index (χ4v) is 13.6. The van der Waals surface area contributed by atoms with Gasteiger partial charge in [-0.25, -0.2) is 4.79 Å². The third-order valence-corrected chi connectivity index (χ3v) is 15.6. The molecule has 0 aromatic carbocycles. The lowest BCUT2D eigenvalue weighted by Gasteiger charge is -2.61. The molecule has 8 aliphatic rings. The van der Waals surface area contributed by atoms with Crippen molar-refractivity contribution < 1.29 is 29.0 Å². The number of esters is 2. The molecule has 254 valence electrons. The maximum absolute atomic E-state index is 12.8. The molecule has 0 heterocycles. The van der Waals surface area contributed by atoms with E-state index >= 15 is 0 Å². The molecule has 8 rings (SSSR count). The summed E-state index contributed by atoms with van der Waals surface area (Å²) in [7, 11) is 0. The van der Waals surface area contributed by atoms with Gasteiger partial charge in [0.2, 0.25) is 0 Å². The zero-order valence-electron chi connectivity index (χ0n) is 29.0. The van der Waals surface area contributed by atoms with Crippen LogP contribution in [0.25, 0.3) is 0 Å². The van der Waals surface area contributed by atoms with Crippen molar-refractivity contribution in [3.8, 4) is 0 Å². The second-order valence-corrected chi connectivity index (χ2v) is 17.8. The number of carboxylic acid groups (broad SMARTS) is 1. The van der Waals surface area contributed by atoms with Crippen LogP contribution in [-0.2, 0) is 23.9 Å². The van der Waals surface area contributed by atoms with Crippen LogP contribution in [0.1, 0.15) is 144 Å². The molecule has 0 amide bonds. The molecular weight excluding hydrogens is 564 g/mol. The summed E-state index contributed by atoms with van der Waals surface area (Å²) in [4.78, 5) is 34.6. The van der Waals surface area contributed by atoms with Crippen molar-refractivity contribution >= 4 is 17.9 Å². The minimum atomic E-state index is -0.833. The maximum Gasteiger partial charge on any atom is 0.344 e. The van der Waals surface area contributed by atoms with Crippen molar-refractivity contribution in [2.24, 2.45) is 70.0 Å². The molecule has 8 atom stereocenters. The van der Waals surface area contributed by atoms with Crippen molar-refractivity contribution in [1.82, 2.24) is 0 Å². The van der Waals surface area contributed by atoms with E-state index in [1.807, 2.05) is 0 Å². The molecule has 1 N–H and O–H groups in total.